The van der Waals surface area contributed by atoms with Gasteiger partial charge in [0.1, 0.15) is 0 Å². The van der Waals surface area contributed by atoms with Crippen molar-refractivity contribution in [2.24, 2.45) is 0 Å². The van der Waals surface area contributed by atoms with Crippen LogP contribution in [0.2, 0.25) is 0 Å². The van der Waals surface area contributed by atoms with Crippen LogP contribution < -0.4 is 0 Å². The average Bonchev–Trinajstić information content (AvgIpc) is 2.10. The zero-order valence-electron chi connectivity index (χ0n) is 7.67. The topological polar surface area (TPSA) is 9.23 Å². The molecule has 0 atom stereocenters. The third-order valence-electron chi connectivity index (χ3n) is 1.40. The zero-order valence-corrected chi connectivity index (χ0v) is 7.67. The first-order valence-electron chi connectivity index (χ1n) is 4.36. The van der Waals surface area contributed by atoms with Gasteiger partial charge in [0.05, 0.1) is 13.2 Å². The van der Waals surface area contributed by atoms with Crippen LogP contribution in [0, 0.1) is 0 Å². The van der Waals surface area contributed by atoms with E-state index in [0.29, 0.717) is 13.2 Å². The minimum absolute atomic E-state index is 0.636. The van der Waals surface area contributed by atoms with Crippen LogP contribution in [-0.4, -0.2) is 13.2 Å². The summed E-state index contributed by atoms with van der Waals surface area (Å²) in [4.78, 5) is 0. The second-order valence-corrected chi connectivity index (χ2v) is 2.52. The summed E-state index contributed by atoms with van der Waals surface area (Å²) in [5.74, 6) is 0. The summed E-state index contributed by atoms with van der Waals surface area (Å²) < 4.78 is 5.16. The van der Waals surface area contributed by atoms with Gasteiger partial charge in [0.25, 0.3) is 0 Å². The summed E-state index contributed by atoms with van der Waals surface area (Å²) in [5, 5.41) is 0. The average molecular weight is 166 g/mol. The second kappa shape index (κ2) is 10.2. The summed E-state index contributed by atoms with van der Waals surface area (Å²) in [6.07, 6.45) is 11.3. The Bertz CT molecular complexity index is 120. The van der Waals surface area contributed by atoms with E-state index in [1.807, 2.05) is 12.2 Å². The third kappa shape index (κ3) is 9.18. The highest BCUT2D eigenvalue weighted by atomic mass is 16.5. The molecule has 0 rings (SSSR count). The highest BCUT2D eigenvalue weighted by Gasteiger charge is 1.79. The van der Waals surface area contributed by atoms with E-state index in [9.17, 15) is 0 Å². The maximum absolute atomic E-state index is 5.16. The Hall–Kier alpha value is -0.820. The maximum Gasteiger partial charge on any atom is 0.0651 e. The number of rotatable bonds is 8. The summed E-state index contributed by atoms with van der Waals surface area (Å²) >= 11 is 0. The van der Waals surface area contributed by atoms with Crippen LogP contribution in [-0.2, 0) is 4.74 Å². The van der Waals surface area contributed by atoms with Gasteiger partial charge in [-0.2, -0.15) is 0 Å². The van der Waals surface area contributed by atoms with E-state index in [4.69, 9.17) is 4.74 Å². The first-order chi connectivity index (χ1) is 5.91. The van der Waals surface area contributed by atoms with Gasteiger partial charge >= 0.3 is 0 Å². The van der Waals surface area contributed by atoms with Crippen LogP contribution in [0.5, 0.6) is 0 Å². The maximum atomic E-state index is 5.16. The molecular formula is C11H18O. The van der Waals surface area contributed by atoms with E-state index in [1.165, 1.54) is 6.42 Å². The summed E-state index contributed by atoms with van der Waals surface area (Å²) in [7, 11) is 0. The fourth-order valence-corrected chi connectivity index (χ4v) is 0.785. The SMILES string of the molecule is C=CCCCC=CCOCC=C. The summed E-state index contributed by atoms with van der Waals surface area (Å²) in [6, 6.07) is 0. The van der Waals surface area contributed by atoms with Crippen molar-refractivity contribution >= 4 is 0 Å². The Labute approximate surface area is 75.4 Å². The molecule has 0 aromatic heterocycles. The lowest BCUT2D eigenvalue weighted by molar-refractivity contribution is 0.194. The molecule has 0 fully saturated rings. The van der Waals surface area contributed by atoms with Gasteiger partial charge < -0.3 is 4.74 Å². The molecular weight excluding hydrogens is 148 g/mol. The van der Waals surface area contributed by atoms with E-state index in [2.05, 4.69) is 19.2 Å². The van der Waals surface area contributed by atoms with E-state index < -0.39 is 0 Å². The Morgan fingerprint density at radius 1 is 0.917 bits per heavy atom. The molecule has 1 nitrogen and oxygen atoms in total. The molecule has 0 aromatic rings. The van der Waals surface area contributed by atoms with E-state index >= 15 is 0 Å². The van der Waals surface area contributed by atoms with Gasteiger partial charge in [-0.1, -0.05) is 24.3 Å². The van der Waals surface area contributed by atoms with Gasteiger partial charge in [-0.15, -0.1) is 13.2 Å². The lowest BCUT2D eigenvalue weighted by Crippen LogP contribution is -1.89. The van der Waals surface area contributed by atoms with Crippen molar-refractivity contribution in [1.82, 2.24) is 0 Å². The van der Waals surface area contributed by atoms with Crippen LogP contribution in [0.4, 0.5) is 0 Å². The minimum Gasteiger partial charge on any atom is -0.373 e. The molecule has 0 unspecified atom stereocenters. The van der Waals surface area contributed by atoms with Gasteiger partial charge in [0.15, 0.2) is 0 Å². The monoisotopic (exact) mass is 166 g/mol. The molecule has 0 aliphatic carbocycles. The molecule has 0 amide bonds. The van der Waals surface area contributed by atoms with Gasteiger partial charge in [-0.25, -0.2) is 0 Å². The molecule has 0 aromatic carbocycles. The largest absolute Gasteiger partial charge is 0.373 e. The van der Waals surface area contributed by atoms with Crippen molar-refractivity contribution in [2.45, 2.75) is 19.3 Å². The van der Waals surface area contributed by atoms with Gasteiger partial charge in [-0.3, -0.25) is 0 Å². The van der Waals surface area contributed by atoms with Crippen LogP contribution in [0.15, 0.2) is 37.5 Å². The van der Waals surface area contributed by atoms with Gasteiger partial charge in [0.2, 0.25) is 0 Å². The first kappa shape index (κ1) is 11.2. The van der Waals surface area contributed by atoms with E-state index in [-0.39, 0.29) is 0 Å². The molecule has 0 radical (unpaired) electrons. The molecule has 0 aliphatic heterocycles. The number of allylic oxidation sites excluding steroid dienone is 2. The van der Waals surface area contributed by atoms with Crippen molar-refractivity contribution in [3.05, 3.63) is 37.5 Å². The Kier molecular flexibility index (Phi) is 9.48. The number of hydrogen-bond acceptors (Lipinski definition) is 1. The molecule has 0 saturated heterocycles. The van der Waals surface area contributed by atoms with Gasteiger partial charge in [0, 0.05) is 0 Å². The third-order valence-corrected chi connectivity index (χ3v) is 1.40. The lowest BCUT2D eigenvalue weighted by atomic mass is 10.2. The standard InChI is InChI=1S/C11H18O/c1-3-5-6-7-8-9-11-12-10-4-2/h3-4,8-9H,1-2,5-7,10-11H2. The van der Waals surface area contributed by atoms with Crippen molar-refractivity contribution in [3.8, 4) is 0 Å². The second-order valence-electron chi connectivity index (χ2n) is 2.52. The smallest absolute Gasteiger partial charge is 0.0651 e. The van der Waals surface area contributed by atoms with Crippen molar-refractivity contribution in [1.29, 1.82) is 0 Å². The van der Waals surface area contributed by atoms with Crippen LogP contribution in [0.1, 0.15) is 19.3 Å². The van der Waals surface area contributed by atoms with Gasteiger partial charge in [-0.05, 0) is 19.3 Å². The highest BCUT2D eigenvalue weighted by molar-refractivity contribution is 4.82. The molecule has 0 spiro atoms. The molecule has 0 saturated carbocycles. The fourth-order valence-electron chi connectivity index (χ4n) is 0.785. The molecule has 68 valence electrons. The summed E-state index contributed by atoms with van der Waals surface area (Å²) in [5.41, 5.74) is 0. The number of ether oxygens (including phenoxy) is 1. The molecule has 1 heteroatoms. The summed E-state index contributed by atoms with van der Waals surface area (Å²) in [6.45, 7) is 8.55. The number of unbranched alkanes of at least 4 members (excludes halogenated alkanes) is 2. The predicted octanol–water partition coefficient (Wildman–Crippen LogP) is 3.10. The Morgan fingerprint density at radius 2 is 1.75 bits per heavy atom. The highest BCUT2D eigenvalue weighted by Crippen LogP contribution is 1.96. The van der Waals surface area contributed by atoms with Crippen LogP contribution in [0.25, 0.3) is 0 Å². The van der Waals surface area contributed by atoms with Crippen LogP contribution >= 0.6 is 0 Å². The van der Waals surface area contributed by atoms with Crippen molar-refractivity contribution in [2.75, 3.05) is 13.2 Å². The lowest BCUT2D eigenvalue weighted by Gasteiger charge is -1.93. The van der Waals surface area contributed by atoms with E-state index in [0.717, 1.165) is 12.8 Å². The predicted molar refractivity (Wildman–Crippen MR) is 54.2 cm³/mol. The van der Waals surface area contributed by atoms with Crippen LogP contribution in [0.3, 0.4) is 0 Å². The molecule has 0 heterocycles. The number of hydrogen-bond donors (Lipinski definition) is 0. The molecule has 0 bridgehead atoms. The van der Waals surface area contributed by atoms with Crippen molar-refractivity contribution < 1.29 is 4.74 Å². The quantitative estimate of drug-likeness (QED) is 0.397. The molecule has 0 aliphatic rings. The minimum atomic E-state index is 0.636. The molecule has 0 N–H and O–H groups in total. The normalized spacial score (nSPS) is 10.3. The first-order valence-corrected chi connectivity index (χ1v) is 4.36. The molecule has 12 heavy (non-hydrogen) atoms. The zero-order chi connectivity index (χ0) is 9.07. The Balaban J connectivity index is 3.02. The fraction of sp³-hybridized carbons (Fsp3) is 0.455. The van der Waals surface area contributed by atoms with Crippen molar-refractivity contribution in [3.63, 3.8) is 0 Å². The Morgan fingerprint density at radius 3 is 2.42 bits per heavy atom. The van der Waals surface area contributed by atoms with E-state index in [1.54, 1.807) is 6.08 Å².